The zero-order chi connectivity index (χ0) is 22.4. The standard InChI is InChI=1S/C21H23N7O3S/c29-21(27-16-6-2-1-3-7-16)24-14-15-13-23-20-26-17-8-4-9-18(12-17)32(30,31)25-11-5-10-22-19(15)28-20/h1-4,6-9,12-13,25H,5,10-11,14H2,(H2,24,27,29)(H2,22,23,26,28). The van der Waals surface area contributed by atoms with E-state index in [0.717, 1.165) is 0 Å². The molecule has 4 rings (SSSR count). The average molecular weight is 454 g/mol. The highest BCUT2D eigenvalue weighted by Crippen LogP contribution is 2.21. The zero-order valence-corrected chi connectivity index (χ0v) is 17.9. The third-order valence-electron chi connectivity index (χ3n) is 4.67. The number of nitrogens with one attached hydrogen (secondary N) is 5. The quantitative estimate of drug-likeness (QED) is 0.411. The molecule has 0 atom stereocenters. The van der Waals surface area contributed by atoms with E-state index in [1.165, 1.54) is 12.1 Å². The van der Waals surface area contributed by atoms with Gasteiger partial charge in [0.2, 0.25) is 16.0 Å². The van der Waals surface area contributed by atoms with Gasteiger partial charge in [-0.15, -0.1) is 0 Å². The maximum Gasteiger partial charge on any atom is 0.319 e. The highest BCUT2D eigenvalue weighted by Gasteiger charge is 2.16. The van der Waals surface area contributed by atoms with Gasteiger partial charge < -0.3 is 21.3 Å². The van der Waals surface area contributed by atoms with Gasteiger partial charge in [-0.3, -0.25) is 0 Å². The Labute approximate surface area is 185 Å². The second-order valence-corrected chi connectivity index (χ2v) is 8.84. The van der Waals surface area contributed by atoms with Crippen LogP contribution in [0.4, 0.5) is 27.9 Å². The topological polar surface area (TPSA) is 137 Å². The summed E-state index contributed by atoms with van der Waals surface area (Å²) in [5, 5.41) is 11.8. The number of urea groups is 1. The Balaban J connectivity index is 1.51. The molecule has 10 nitrogen and oxygen atoms in total. The molecule has 5 N–H and O–H groups in total. The number of hydrogen-bond acceptors (Lipinski definition) is 7. The van der Waals surface area contributed by atoms with Crippen LogP contribution in [0.2, 0.25) is 0 Å². The van der Waals surface area contributed by atoms with Gasteiger partial charge in [-0.2, -0.15) is 4.98 Å². The molecule has 0 saturated heterocycles. The van der Waals surface area contributed by atoms with E-state index in [-0.39, 0.29) is 24.0 Å². The van der Waals surface area contributed by atoms with Gasteiger partial charge in [0.05, 0.1) is 4.90 Å². The number of hydrogen-bond donors (Lipinski definition) is 5. The molecule has 1 aromatic heterocycles. The molecule has 0 aliphatic carbocycles. The van der Waals surface area contributed by atoms with Crippen molar-refractivity contribution in [1.82, 2.24) is 20.0 Å². The van der Waals surface area contributed by atoms with Crippen molar-refractivity contribution in [3.63, 3.8) is 0 Å². The molecular weight excluding hydrogens is 430 g/mol. The van der Waals surface area contributed by atoms with Crippen LogP contribution >= 0.6 is 0 Å². The number of nitrogens with zero attached hydrogens (tertiary/aromatic N) is 2. The van der Waals surface area contributed by atoms with Crippen LogP contribution in [0.15, 0.2) is 65.7 Å². The highest BCUT2D eigenvalue weighted by molar-refractivity contribution is 7.89. The Morgan fingerprint density at radius 1 is 1.06 bits per heavy atom. The summed E-state index contributed by atoms with van der Waals surface area (Å²) < 4.78 is 27.5. The minimum atomic E-state index is -3.60. The van der Waals surface area contributed by atoms with Crippen molar-refractivity contribution >= 4 is 39.2 Å². The van der Waals surface area contributed by atoms with Crippen molar-refractivity contribution < 1.29 is 13.2 Å². The molecule has 0 saturated carbocycles. The Morgan fingerprint density at radius 2 is 1.91 bits per heavy atom. The molecule has 1 aliphatic rings. The summed E-state index contributed by atoms with van der Waals surface area (Å²) in [6, 6.07) is 15.2. The molecule has 0 unspecified atom stereocenters. The maximum absolute atomic E-state index is 12.5. The second-order valence-electron chi connectivity index (χ2n) is 7.07. The molecule has 32 heavy (non-hydrogen) atoms. The summed E-state index contributed by atoms with van der Waals surface area (Å²) >= 11 is 0. The van der Waals surface area contributed by atoms with Gasteiger partial charge >= 0.3 is 6.03 Å². The molecule has 1 aliphatic heterocycles. The fourth-order valence-corrected chi connectivity index (χ4v) is 4.20. The van der Waals surface area contributed by atoms with Crippen molar-refractivity contribution in [3.05, 3.63) is 66.4 Å². The number of sulfonamides is 1. The zero-order valence-electron chi connectivity index (χ0n) is 17.1. The van der Waals surface area contributed by atoms with Crippen LogP contribution < -0.4 is 26.0 Å². The first-order chi connectivity index (χ1) is 15.5. The number of carbonyl (C=O) groups is 1. The first-order valence-corrected chi connectivity index (χ1v) is 11.5. The number of rotatable bonds is 3. The van der Waals surface area contributed by atoms with E-state index in [1.807, 2.05) is 18.2 Å². The smallest absolute Gasteiger partial charge is 0.319 e. The first-order valence-electron chi connectivity index (χ1n) is 10.1. The van der Waals surface area contributed by atoms with E-state index in [4.69, 9.17) is 0 Å². The van der Waals surface area contributed by atoms with E-state index >= 15 is 0 Å². The molecule has 166 valence electrons. The van der Waals surface area contributed by atoms with Crippen molar-refractivity contribution in [1.29, 1.82) is 0 Å². The summed E-state index contributed by atoms with van der Waals surface area (Å²) in [4.78, 5) is 21.2. The Morgan fingerprint density at radius 3 is 2.75 bits per heavy atom. The fourth-order valence-electron chi connectivity index (χ4n) is 3.08. The van der Waals surface area contributed by atoms with E-state index in [0.29, 0.717) is 41.7 Å². The Kier molecular flexibility index (Phi) is 6.47. The molecule has 11 heteroatoms. The number of anilines is 4. The molecule has 2 heterocycles. The summed E-state index contributed by atoms with van der Waals surface area (Å²) in [5.41, 5.74) is 1.93. The van der Waals surface area contributed by atoms with Crippen LogP contribution in [0.5, 0.6) is 0 Å². The van der Waals surface area contributed by atoms with Crippen LogP contribution in [-0.4, -0.2) is 37.5 Å². The van der Waals surface area contributed by atoms with Gasteiger partial charge in [-0.1, -0.05) is 24.3 Å². The molecule has 2 amide bonds. The number of carbonyl (C=O) groups excluding carboxylic acids is 1. The van der Waals surface area contributed by atoms with Gasteiger partial charge in [0, 0.05) is 42.8 Å². The molecule has 4 bridgehead atoms. The van der Waals surface area contributed by atoms with E-state index in [1.54, 1.807) is 30.5 Å². The van der Waals surface area contributed by atoms with Gasteiger partial charge in [-0.05, 0) is 36.8 Å². The van der Waals surface area contributed by atoms with Crippen molar-refractivity contribution in [2.24, 2.45) is 0 Å². The van der Waals surface area contributed by atoms with Crippen LogP contribution in [0, 0.1) is 0 Å². The van der Waals surface area contributed by atoms with E-state index < -0.39 is 10.0 Å². The molecule has 0 radical (unpaired) electrons. The van der Waals surface area contributed by atoms with Gasteiger partial charge in [0.1, 0.15) is 5.82 Å². The summed E-state index contributed by atoms with van der Waals surface area (Å²) in [6.45, 7) is 0.973. The molecular formula is C21H23N7O3S. The number of benzene rings is 2. The minimum absolute atomic E-state index is 0.167. The number of amides is 2. The Bertz CT molecular complexity index is 1200. The molecule has 0 fully saturated rings. The van der Waals surface area contributed by atoms with E-state index in [9.17, 15) is 13.2 Å². The van der Waals surface area contributed by atoms with Crippen molar-refractivity contribution in [3.8, 4) is 0 Å². The molecule has 2 aromatic carbocycles. The number of fused-ring (bicyclic) bond motifs is 4. The van der Waals surface area contributed by atoms with Crippen molar-refractivity contribution in [2.75, 3.05) is 29.0 Å². The normalized spacial score (nSPS) is 15.0. The third kappa shape index (κ3) is 5.50. The lowest BCUT2D eigenvalue weighted by Gasteiger charge is -2.14. The SMILES string of the molecule is O=C(NCc1cnc2nc1NCCCNS(=O)(=O)c1cccc(c1)N2)Nc1ccccc1. The van der Waals surface area contributed by atoms with Gasteiger partial charge in [0.25, 0.3) is 0 Å². The fraction of sp³-hybridized carbons (Fsp3) is 0.190. The van der Waals surface area contributed by atoms with Crippen LogP contribution in [0.25, 0.3) is 0 Å². The van der Waals surface area contributed by atoms with Gasteiger partial charge in [-0.25, -0.2) is 22.9 Å². The lowest BCUT2D eigenvalue weighted by Crippen LogP contribution is -2.29. The van der Waals surface area contributed by atoms with Crippen LogP contribution in [0.3, 0.4) is 0 Å². The number of aromatic nitrogens is 2. The summed E-state index contributed by atoms with van der Waals surface area (Å²) in [5.74, 6) is 0.868. The lowest BCUT2D eigenvalue weighted by atomic mass is 10.3. The molecule has 0 spiro atoms. The van der Waals surface area contributed by atoms with Crippen molar-refractivity contribution in [2.45, 2.75) is 17.9 Å². The summed E-state index contributed by atoms with van der Waals surface area (Å²) in [6.07, 6.45) is 2.17. The van der Waals surface area contributed by atoms with Gasteiger partial charge in [0.15, 0.2) is 0 Å². The minimum Gasteiger partial charge on any atom is -0.370 e. The average Bonchev–Trinajstić information content (AvgIpc) is 2.79. The maximum atomic E-state index is 12.5. The van der Waals surface area contributed by atoms with Crippen LogP contribution in [-0.2, 0) is 16.6 Å². The predicted molar refractivity (Wildman–Crippen MR) is 122 cm³/mol. The second kappa shape index (κ2) is 9.62. The Hall–Kier alpha value is -3.70. The van der Waals surface area contributed by atoms with E-state index in [2.05, 4.69) is 36.0 Å². The summed E-state index contributed by atoms with van der Waals surface area (Å²) in [7, 11) is -3.60. The third-order valence-corrected chi connectivity index (χ3v) is 6.13. The highest BCUT2D eigenvalue weighted by atomic mass is 32.2. The monoisotopic (exact) mass is 453 g/mol. The largest absolute Gasteiger partial charge is 0.370 e. The van der Waals surface area contributed by atoms with Crippen LogP contribution in [0.1, 0.15) is 12.0 Å². The first kappa shape index (κ1) is 21.5. The predicted octanol–water partition coefficient (Wildman–Crippen LogP) is 2.64. The lowest BCUT2D eigenvalue weighted by molar-refractivity contribution is 0.251. The molecule has 3 aromatic rings. The number of para-hydroxylation sites is 1.